The summed E-state index contributed by atoms with van der Waals surface area (Å²) in [5, 5.41) is 5.99. The number of fused-ring (bicyclic) bond motifs is 2. The van der Waals surface area contributed by atoms with Gasteiger partial charge >= 0.3 is 0 Å². The number of hydrogen-bond donors (Lipinski definition) is 1. The van der Waals surface area contributed by atoms with Crippen molar-refractivity contribution in [2.45, 2.75) is 19.0 Å². The van der Waals surface area contributed by atoms with E-state index >= 15 is 0 Å². The Balaban J connectivity index is 1.81. The van der Waals surface area contributed by atoms with Crippen molar-refractivity contribution >= 4 is 22.4 Å². The molecular formula is C23H24N2O2. The first kappa shape index (κ1) is 17.6. The largest absolute Gasteiger partial charge is 0.385 e. The number of para-hydroxylation sites is 1. The quantitative estimate of drug-likeness (QED) is 0.675. The van der Waals surface area contributed by atoms with Gasteiger partial charge in [0.25, 0.3) is 5.91 Å². The molecule has 0 bridgehead atoms. The van der Waals surface area contributed by atoms with Gasteiger partial charge in [-0.15, -0.1) is 0 Å². The first-order valence-electron chi connectivity index (χ1n) is 9.31. The van der Waals surface area contributed by atoms with Crippen LogP contribution in [0.25, 0.3) is 10.8 Å². The van der Waals surface area contributed by atoms with Crippen molar-refractivity contribution in [1.29, 1.82) is 0 Å². The lowest BCUT2D eigenvalue weighted by atomic mass is 9.91. The Morgan fingerprint density at radius 3 is 2.56 bits per heavy atom. The van der Waals surface area contributed by atoms with Crippen LogP contribution in [0.4, 0.5) is 5.69 Å². The van der Waals surface area contributed by atoms with Gasteiger partial charge in [0.05, 0.1) is 5.56 Å². The Bertz CT molecular complexity index is 985. The number of amides is 1. The van der Waals surface area contributed by atoms with Crippen LogP contribution < -0.4 is 5.32 Å². The molecule has 1 unspecified atom stereocenters. The average Bonchev–Trinajstić information content (AvgIpc) is 2.70. The molecule has 4 heteroatoms. The monoisotopic (exact) mass is 360 g/mol. The summed E-state index contributed by atoms with van der Waals surface area (Å²) < 4.78 is 5.21. The fourth-order valence-electron chi connectivity index (χ4n) is 3.87. The number of nitrogens with one attached hydrogen (secondary N) is 1. The van der Waals surface area contributed by atoms with E-state index in [-0.39, 0.29) is 5.91 Å². The summed E-state index contributed by atoms with van der Waals surface area (Å²) in [6.45, 7) is 3.33. The Morgan fingerprint density at radius 2 is 1.74 bits per heavy atom. The van der Waals surface area contributed by atoms with Crippen LogP contribution in [0, 0.1) is 0 Å². The Kier molecular flexibility index (Phi) is 4.58. The minimum absolute atomic E-state index is 0.0520. The maximum Gasteiger partial charge on any atom is 0.258 e. The molecule has 4 rings (SSSR count). The zero-order valence-electron chi connectivity index (χ0n) is 15.7. The number of nitrogens with zero attached hydrogens (tertiary/aromatic N) is 1. The summed E-state index contributed by atoms with van der Waals surface area (Å²) in [5.74, 6) is 0.0520. The molecule has 0 aliphatic carbocycles. The lowest BCUT2D eigenvalue weighted by Crippen LogP contribution is -2.56. The van der Waals surface area contributed by atoms with Crippen molar-refractivity contribution in [3.8, 4) is 0 Å². The van der Waals surface area contributed by atoms with Crippen molar-refractivity contribution < 1.29 is 9.53 Å². The van der Waals surface area contributed by atoms with Gasteiger partial charge in [-0.3, -0.25) is 4.79 Å². The van der Waals surface area contributed by atoms with E-state index in [1.165, 1.54) is 10.8 Å². The van der Waals surface area contributed by atoms with Crippen LogP contribution in [0.2, 0.25) is 0 Å². The molecule has 3 aromatic rings. The second-order valence-electron chi connectivity index (χ2n) is 7.11. The molecule has 3 aromatic carbocycles. The van der Waals surface area contributed by atoms with E-state index in [9.17, 15) is 4.79 Å². The fourth-order valence-corrected chi connectivity index (χ4v) is 3.87. The molecule has 0 fully saturated rings. The Morgan fingerprint density at radius 1 is 1.00 bits per heavy atom. The predicted molar refractivity (Wildman–Crippen MR) is 109 cm³/mol. The number of hydrogen-bond acceptors (Lipinski definition) is 3. The van der Waals surface area contributed by atoms with Crippen LogP contribution in [0.15, 0.2) is 66.7 Å². The van der Waals surface area contributed by atoms with E-state index in [0.717, 1.165) is 17.7 Å². The maximum atomic E-state index is 13.3. The number of carbonyl (C=O) groups is 1. The summed E-state index contributed by atoms with van der Waals surface area (Å²) in [7, 11) is 1.69. The summed E-state index contributed by atoms with van der Waals surface area (Å²) in [4.78, 5) is 15.2. The smallest absolute Gasteiger partial charge is 0.258 e. The van der Waals surface area contributed by atoms with E-state index in [2.05, 4.69) is 42.6 Å². The number of carbonyl (C=O) groups excluding carboxylic acids is 1. The van der Waals surface area contributed by atoms with Crippen LogP contribution in [0.3, 0.4) is 0 Å². The first-order valence-corrected chi connectivity index (χ1v) is 9.31. The van der Waals surface area contributed by atoms with Crippen LogP contribution in [0.1, 0.15) is 29.3 Å². The molecule has 0 aromatic heterocycles. The summed E-state index contributed by atoms with van der Waals surface area (Å²) in [6, 6.07) is 22.4. The summed E-state index contributed by atoms with van der Waals surface area (Å²) in [6.07, 6.45) is 0.787. The van der Waals surface area contributed by atoms with Gasteiger partial charge in [0.2, 0.25) is 0 Å². The molecule has 1 amide bonds. The number of methoxy groups -OCH3 is 1. The molecule has 1 atom stereocenters. The molecule has 0 saturated heterocycles. The highest BCUT2D eigenvalue weighted by Gasteiger charge is 2.42. The highest BCUT2D eigenvalue weighted by Crippen LogP contribution is 2.38. The lowest BCUT2D eigenvalue weighted by Gasteiger charge is -2.47. The Labute approximate surface area is 159 Å². The number of benzene rings is 3. The molecule has 0 saturated carbocycles. The minimum Gasteiger partial charge on any atom is -0.385 e. The van der Waals surface area contributed by atoms with Crippen molar-refractivity contribution in [3.63, 3.8) is 0 Å². The standard InChI is InChI=1S/C23H24N2O2/c1-23(19-13-12-17-8-3-4-9-18(17)16-19)24-21-11-6-5-10-20(21)22(26)25(23)14-7-15-27-2/h3-6,8-13,16,24H,7,14-15H2,1-2H3. The SMILES string of the molecule is COCCCN1C(=O)c2ccccc2NC1(C)c1ccc2ccccc2c1. The van der Waals surface area contributed by atoms with Gasteiger partial charge in [-0.25, -0.2) is 0 Å². The molecule has 0 radical (unpaired) electrons. The summed E-state index contributed by atoms with van der Waals surface area (Å²) in [5.41, 5.74) is 2.04. The topological polar surface area (TPSA) is 41.6 Å². The third kappa shape index (κ3) is 3.06. The molecule has 1 N–H and O–H groups in total. The molecule has 1 aliphatic rings. The Hall–Kier alpha value is -2.85. The van der Waals surface area contributed by atoms with E-state index in [0.29, 0.717) is 18.7 Å². The van der Waals surface area contributed by atoms with Gasteiger partial charge in [0, 0.05) is 25.9 Å². The van der Waals surface area contributed by atoms with E-state index in [4.69, 9.17) is 4.74 Å². The van der Waals surface area contributed by atoms with Gasteiger partial charge in [0.1, 0.15) is 5.66 Å². The minimum atomic E-state index is -0.622. The van der Waals surface area contributed by atoms with Crippen LogP contribution in [-0.2, 0) is 10.4 Å². The van der Waals surface area contributed by atoms with Gasteiger partial charge in [0.15, 0.2) is 0 Å². The third-order valence-electron chi connectivity index (χ3n) is 5.36. The fraction of sp³-hybridized carbons (Fsp3) is 0.261. The van der Waals surface area contributed by atoms with Crippen LogP contribution in [0.5, 0.6) is 0 Å². The number of anilines is 1. The number of ether oxygens (including phenoxy) is 1. The van der Waals surface area contributed by atoms with Gasteiger partial charge in [-0.05, 0) is 47.9 Å². The van der Waals surface area contributed by atoms with E-state index in [1.54, 1.807) is 7.11 Å². The molecule has 4 nitrogen and oxygen atoms in total. The molecule has 0 spiro atoms. The lowest BCUT2D eigenvalue weighted by molar-refractivity contribution is 0.0505. The van der Waals surface area contributed by atoms with Gasteiger partial charge in [-0.2, -0.15) is 0 Å². The number of rotatable bonds is 5. The third-order valence-corrected chi connectivity index (χ3v) is 5.36. The van der Waals surface area contributed by atoms with Crippen molar-refractivity contribution in [2.75, 3.05) is 25.6 Å². The second-order valence-corrected chi connectivity index (χ2v) is 7.11. The van der Waals surface area contributed by atoms with Crippen molar-refractivity contribution in [1.82, 2.24) is 4.90 Å². The van der Waals surface area contributed by atoms with E-state index < -0.39 is 5.66 Å². The van der Waals surface area contributed by atoms with E-state index in [1.807, 2.05) is 41.3 Å². The zero-order chi connectivity index (χ0) is 18.9. The molecule has 1 heterocycles. The molecule has 27 heavy (non-hydrogen) atoms. The first-order chi connectivity index (χ1) is 13.1. The van der Waals surface area contributed by atoms with Gasteiger partial charge < -0.3 is 15.0 Å². The highest BCUT2D eigenvalue weighted by molar-refractivity contribution is 6.02. The van der Waals surface area contributed by atoms with Crippen LogP contribution in [-0.4, -0.2) is 31.1 Å². The molecular weight excluding hydrogens is 336 g/mol. The normalized spacial score (nSPS) is 19.0. The van der Waals surface area contributed by atoms with Crippen molar-refractivity contribution in [2.24, 2.45) is 0 Å². The second kappa shape index (κ2) is 7.05. The van der Waals surface area contributed by atoms with Crippen molar-refractivity contribution in [3.05, 3.63) is 77.9 Å². The molecule has 138 valence electrons. The highest BCUT2D eigenvalue weighted by atomic mass is 16.5. The van der Waals surface area contributed by atoms with Crippen LogP contribution >= 0.6 is 0 Å². The average molecular weight is 360 g/mol. The maximum absolute atomic E-state index is 13.3. The van der Waals surface area contributed by atoms with Gasteiger partial charge in [-0.1, -0.05) is 48.5 Å². The molecule has 1 aliphatic heterocycles. The zero-order valence-corrected chi connectivity index (χ0v) is 15.7. The predicted octanol–water partition coefficient (Wildman–Crippen LogP) is 4.62. The summed E-state index contributed by atoms with van der Waals surface area (Å²) >= 11 is 0.